The fraction of sp³-hybridized carbons (Fsp3) is 0.0526. The summed E-state index contributed by atoms with van der Waals surface area (Å²) in [5.41, 5.74) is 17.3. The molecule has 11 rings (SSSR count). The van der Waals surface area contributed by atoms with Crippen molar-refractivity contribution in [2.45, 2.75) is 19.3 Å². The highest BCUT2D eigenvalue weighted by molar-refractivity contribution is 6.09. The molecule has 0 saturated heterocycles. The van der Waals surface area contributed by atoms with Crippen LogP contribution < -0.4 is 0 Å². The first kappa shape index (κ1) is 34.8. The van der Waals surface area contributed by atoms with Gasteiger partial charge in [-0.1, -0.05) is 202 Å². The summed E-state index contributed by atoms with van der Waals surface area (Å²) in [6, 6.07) is 74.3. The minimum Gasteiger partial charge on any atom is -0.228 e. The van der Waals surface area contributed by atoms with Crippen molar-refractivity contribution in [1.82, 2.24) is 9.97 Å². The fourth-order valence-electron chi connectivity index (χ4n) is 9.32. The summed E-state index contributed by atoms with van der Waals surface area (Å²) in [5.74, 6) is 0.701. The Hall–Kier alpha value is -7.42. The molecule has 0 fully saturated rings. The number of benzene rings is 9. The van der Waals surface area contributed by atoms with E-state index >= 15 is 0 Å². The molecule has 0 spiro atoms. The van der Waals surface area contributed by atoms with Crippen molar-refractivity contribution in [1.29, 1.82) is 0 Å². The van der Waals surface area contributed by atoms with Gasteiger partial charge in [0.15, 0.2) is 5.82 Å². The first-order valence-corrected chi connectivity index (χ1v) is 20.4. The standard InChI is InChI=1S/C57H40N2/c1-57(2)51-27-15-26-49(55(51)50-34-41-20-9-10-21-42(41)35-52(50)57)46-32-33-48(45-24-13-12-23-44(45)46)54-36-53(58-56(59-54)40-18-7-4-8-19-40)47-25-14-11-22-43(47)39-30-28-38(29-31-39)37-16-5-3-6-17-37/h3-36H,1-2H3. The second-order valence-corrected chi connectivity index (χ2v) is 16.1. The van der Waals surface area contributed by atoms with Gasteiger partial charge in [0.2, 0.25) is 0 Å². The third-order valence-corrected chi connectivity index (χ3v) is 12.3. The van der Waals surface area contributed by atoms with Crippen molar-refractivity contribution in [2.75, 3.05) is 0 Å². The van der Waals surface area contributed by atoms with Gasteiger partial charge in [0.25, 0.3) is 0 Å². The molecule has 1 aliphatic rings. The van der Waals surface area contributed by atoms with Crippen LogP contribution in [0.3, 0.4) is 0 Å². The van der Waals surface area contributed by atoms with Gasteiger partial charge in [-0.05, 0) is 95.4 Å². The van der Waals surface area contributed by atoms with E-state index in [9.17, 15) is 0 Å². The summed E-state index contributed by atoms with van der Waals surface area (Å²) >= 11 is 0. The molecule has 2 nitrogen and oxygen atoms in total. The maximum Gasteiger partial charge on any atom is 0.160 e. The molecule has 0 radical (unpaired) electrons. The molecule has 0 atom stereocenters. The van der Waals surface area contributed by atoms with Crippen LogP contribution in [0.5, 0.6) is 0 Å². The van der Waals surface area contributed by atoms with Gasteiger partial charge in [-0.2, -0.15) is 0 Å². The monoisotopic (exact) mass is 752 g/mol. The predicted molar refractivity (Wildman–Crippen MR) is 247 cm³/mol. The average molecular weight is 753 g/mol. The van der Waals surface area contributed by atoms with Crippen molar-refractivity contribution in [2.24, 2.45) is 0 Å². The zero-order valence-electron chi connectivity index (χ0n) is 33.0. The van der Waals surface area contributed by atoms with E-state index in [0.717, 1.165) is 44.6 Å². The zero-order valence-corrected chi connectivity index (χ0v) is 33.0. The number of aromatic nitrogens is 2. The average Bonchev–Trinajstić information content (AvgIpc) is 3.53. The van der Waals surface area contributed by atoms with Gasteiger partial charge in [-0.25, -0.2) is 9.97 Å². The molecule has 0 bridgehead atoms. The van der Waals surface area contributed by atoms with Crippen LogP contribution in [0.1, 0.15) is 25.0 Å². The Morgan fingerprint density at radius 2 is 0.847 bits per heavy atom. The van der Waals surface area contributed by atoms with E-state index in [4.69, 9.17) is 9.97 Å². The van der Waals surface area contributed by atoms with E-state index in [2.05, 4.69) is 214 Å². The summed E-state index contributed by atoms with van der Waals surface area (Å²) in [7, 11) is 0. The molecule has 1 aromatic heterocycles. The van der Waals surface area contributed by atoms with Crippen LogP contribution in [0.25, 0.3) is 100.0 Å². The molecule has 10 aromatic rings. The molecule has 0 saturated carbocycles. The Bertz CT molecular complexity index is 3220. The minimum absolute atomic E-state index is 0.119. The summed E-state index contributed by atoms with van der Waals surface area (Å²) < 4.78 is 0. The second-order valence-electron chi connectivity index (χ2n) is 16.1. The Labute approximate surface area is 345 Å². The van der Waals surface area contributed by atoms with Crippen molar-refractivity contribution in [3.05, 3.63) is 217 Å². The van der Waals surface area contributed by atoms with Gasteiger partial charge >= 0.3 is 0 Å². The fourth-order valence-corrected chi connectivity index (χ4v) is 9.32. The molecule has 0 unspecified atom stereocenters. The van der Waals surface area contributed by atoms with Crippen molar-refractivity contribution >= 4 is 21.5 Å². The maximum absolute atomic E-state index is 5.32. The number of fused-ring (bicyclic) bond motifs is 5. The van der Waals surface area contributed by atoms with Crippen LogP contribution in [0.2, 0.25) is 0 Å². The summed E-state index contributed by atoms with van der Waals surface area (Å²) in [6.45, 7) is 4.73. The highest BCUT2D eigenvalue weighted by atomic mass is 14.9. The highest BCUT2D eigenvalue weighted by Crippen LogP contribution is 2.54. The Balaban J connectivity index is 1.08. The molecule has 0 aliphatic heterocycles. The van der Waals surface area contributed by atoms with E-state index in [1.165, 1.54) is 60.7 Å². The van der Waals surface area contributed by atoms with E-state index in [1.807, 2.05) is 6.07 Å². The maximum atomic E-state index is 5.32. The zero-order chi connectivity index (χ0) is 39.5. The molecular weight excluding hydrogens is 713 g/mol. The van der Waals surface area contributed by atoms with Crippen LogP contribution in [0.15, 0.2) is 206 Å². The second kappa shape index (κ2) is 13.9. The first-order valence-electron chi connectivity index (χ1n) is 20.4. The van der Waals surface area contributed by atoms with Crippen LogP contribution in [-0.2, 0) is 5.41 Å². The molecule has 9 aromatic carbocycles. The van der Waals surface area contributed by atoms with Crippen LogP contribution in [0.4, 0.5) is 0 Å². The highest BCUT2D eigenvalue weighted by Gasteiger charge is 2.37. The smallest absolute Gasteiger partial charge is 0.160 e. The third-order valence-electron chi connectivity index (χ3n) is 12.3. The molecule has 59 heavy (non-hydrogen) atoms. The quantitative estimate of drug-likeness (QED) is 0.169. The van der Waals surface area contributed by atoms with Crippen LogP contribution >= 0.6 is 0 Å². The van der Waals surface area contributed by atoms with Crippen molar-refractivity contribution in [3.8, 4) is 78.4 Å². The van der Waals surface area contributed by atoms with Gasteiger partial charge < -0.3 is 0 Å². The predicted octanol–water partition coefficient (Wildman–Crippen LogP) is 15.1. The van der Waals surface area contributed by atoms with E-state index in [1.54, 1.807) is 0 Å². The Morgan fingerprint density at radius 1 is 0.322 bits per heavy atom. The lowest BCUT2D eigenvalue weighted by molar-refractivity contribution is 0.661. The topological polar surface area (TPSA) is 25.8 Å². The Morgan fingerprint density at radius 3 is 1.58 bits per heavy atom. The summed E-state index contributed by atoms with van der Waals surface area (Å²) in [4.78, 5) is 10.6. The lowest BCUT2D eigenvalue weighted by atomic mass is 9.81. The molecule has 1 aliphatic carbocycles. The number of nitrogens with zero attached hydrogens (tertiary/aromatic N) is 2. The number of rotatable bonds is 6. The lowest BCUT2D eigenvalue weighted by Gasteiger charge is -2.22. The van der Waals surface area contributed by atoms with Gasteiger partial charge in [0.05, 0.1) is 11.4 Å². The van der Waals surface area contributed by atoms with Gasteiger partial charge in [-0.3, -0.25) is 0 Å². The Kier molecular flexibility index (Phi) is 8.20. The SMILES string of the molecule is CC1(C)c2cc3ccccc3cc2-c2c(-c3ccc(-c4cc(-c5ccccc5-c5ccc(-c6ccccc6)cc5)nc(-c5ccccc5)n4)c4ccccc34)cccc21. The minimum atomic E-state index is -0.119. The van der Waals surface area contributed by atoms with E-state index < -0.39 is 0 Å². The van der Waals surface area contributed by atoms with E-state index in [0.29, 0.717) is 5.82 Å². The molecule has 2 heteroatoms. The van der Waals surface area contributed by atoms with Crippen LogP contribution in [-0.4, -0.2) is 9.97 Å². The van der Waals surface area contributed by atoms with Gasteiger partial charge in [0.1, 0.15) is 0 Å². The third kappa shape index (κ3) is 5.87. The molecule has 1 heterocycles. The lowest BCUT2D eigenvalue weighted by Crippen LogP contribution is -2.14. The largest absolute Gasteiger partial charge is 0.228 e. The van der Waals surface area contributed by atoms with Crippen molar-refractivity contribution in [3.63, 3.8) is 0 Å². The summed E-state index contributed by atoms with van der Waals surface area (Å²) in [5, 5.41) is 4.91. The summed E-state index contributed by atoms with van der Waals surface area (Å²) in [6.07, 6.45) is 0. The molecular formula is C57H40N2. The first-order chi connectivity index (χ1) is 29.0. The van der Waals surface area contributed by atoms with E-state index in [-0.39, 0.29) is 5.41 Å². The molecule has 0 amide bonds. The molecule has 0 N–H and O–H groups in total. The van der Waals surface area contributed by atoms with Crippen LogP contribution in [0, 0.1) is 0 Å². The van der Waals surface area contributed by atoms with Gasteiger partial charge in [-0.15, -0.1) is 0 Å². The van der Waals surface area contributed by atoms with Crippen molar-refractivity contribution < 1.29 is 0 Å². The molecule has 278 valence electrons. The number of hydrogen-bond acceptors (Lipinski definition) is 2. The normalized spacial score (nSPS) is 12.7. The number of hydrogen-bond donors (Lipinski definition) is 0. The van der Waals surface area contributed by atoms with Gasteiger partial charge in [0, 0.05) is 22.1 Å².